The van der Waals surface area contributed by atoms with E-state index in [-0.39, 0.29) is 10.3 Å². The molecule has 0 amide bonds. The summed E-state index contributed by atoms with van der Waals surface area (Å²) in [6.07, 6.45) is 6.49. The van der Waals surface area contributed by atoms with Crippen molar-refractivity contribution in [2.75, 3.05) is 26.0 Å². The van der Waals surface area contributed by atoms with Crippen LogP contribution in [-0.2, 0) is 4.74 Å². The van der Waals surface area contributed by atoms with Crippen molar-refractivity contribution in [3.63, 3.8) is 0 Å². The van der Waals surface area contributed by atoms with E-state index < -0.39 is 17.6 Å². The molecular formula is C22H26F2N6OS. The summed E-state index contributed by atoms with van der Waals surface area (Å²) in [7, 11) is 1.61. The van der Waals surface area contributed by atoms with E-state index in [9.17, 15) is 8.78 Å². The Balaban J connectivity index is 2.17. The minimum atomic E-state index is -0.868. The highest BCUT2D eigenvalue weighted by Crippen LogP contribution is 2.38. The molecule has 3 aromatic rings. The van der Waals surface area contributed by atoms with Gasteiger partial charge in [-0.3, -0.25) is 9.39 Å². The van der Waals surface area contributed by atoms with Crippen LogP contribution in [0.15, 0.2) is 40.6 Å². The van der Waals surface area contributed by atoms with Crippen LogP contribution in [0.3, 0.4) is 0 Å². The van der Waals surface area contributed by atoms with Crippen LogP contribution in [0.5, 0.6) is 0 Å². The molecule has 0 aliphatic rings. The maximum absolute atomic E-state index is 14.5. The third kappa shape index (κ3) is 5.25. The highest BCUT2D eigenvalue weighted by atomic mass is 32.2. The number of hydrogen-bond acceptors (Lipinski definition) is 7. The van der Waals surface area contributed by atoms with Gasteiger partial charge in [-0.2, -0.15) is 9.37 Å². The number of nitrogens with two attached hydrogens (primary N) is 2. The highest BCUT2D eigenvalue weighted by molar-refractivity contribution is 8.00. The zero-order chi connectivity index (χ0) is 23.5. The third-order valence-electron chi connectivity index (χ3n) is 4.40. The van der Waals surface area contributed by atoms with Crippen molar-refractivity contribution in [3.05, 3.63) is 48.1 Å². The number of nitrogens with zero attached hydrogens (tertiary/aromatic N) is 4. The zero-order valence-electron chi connectivity index (χ0n) is 18.4. The molecule has 3 heterocycles. The Morgan fingerprint density at radius 3 is 2.72 bits per heavy atom. The molecule has 0 bridgehead atoms. The quantitative estimate of drug-likeness (QED) is 0.237. The van der Waals surface area contributed by atoms with Gasteiger partial charge in [0.05, 0.1) is 30.6 Å². The number of anilines is 1. The Kier molecular flexibility index (Phi) is 7.15. The number of pyridine rings is 2. The summed E-state index contributed by atoms with van der Waals surface area (Å²) >= 11 is 1.61. The molecule has 0 unspecified atom stereocenters. The van der Waals surface area contributed by atoms with Gasteiger partial charge in [0.15, 0.2) is 11.6 Å². The Bertz CT molecular complexity index is 1180. The van der Waals surface area contributed by atoms with E-state index in [0.717, 1.165) is 16.5 Å². The maximum Gasteiger partial charge on any atom is 0.224 e. The van der Waals surface area contributed by atoms with Crippen LogP contribution < -0.4 is 11.5 Å². The van der Waals surface area contributed by atoms with E-state index in [0.29, 0.717) is 30.1 Å². The van der Waals surface area contributed by atoms with Crippen molar-refractivity contribution in [2.45, 2.75) is 30.4 Å². The Hall–Kier alpha value is -2.98. The van der Waals surface area contributed by atoms with Gasteiger partial charge in [-0.25, -0.2) is 9.37 Å². The van der Waals surface area contributed by atoms with Crippen LogP contribution in [0.1, 0.15) is 26.3 Å². The summed E-state index contributed by atoms with van der Waals surface area (Å²) < 4.78 is 35.1. The molecule has 3 aromatic heterocycles. The summed E-state index contributed by atoms with van der Waals surface area (Å²) in [6, 6.07) is 2.87. The summed E-state index contributed by atoms with van der Waals surface area (Å²) in [4.78, 5) is 13.1. The molecule has 0 aliphatic carbocycles. The summed E-state index contributed by atoms with van der Waals surface area (Å²) in [6.45, 7) is 7.24. The Morgan fingerprint density at radius 2 is 2.06 bits per heavy atom. The van der Waals surface area contributed by atoms with Gasteiger partial charge in [-0.05, 0) is 12.1 Å². The molecule has 0 radical (unpaired) electrons. The fourth-order valence-corrected chi connectivity index (χ4v) is 4.11. The second-order valence-electron chi connectivity index (χ2n) is 7.98. The van der Waals surface area contributed by atoms with Crippen molar-refractivity contribution >= 4 is 35.0 Å². The number of thioether (sulfide) groups is 1. The first-order chi connectivity index (χ1) is 15.1. The van der Waals surface area contributed by atoms with E-state index in [1.807, 2.05) is 12.3 Å². The van der Waals surface area contributed by atoms with Gasteiger partial charge in [0.2, 0.25) is 5.95 Å². The molecule has 0 saturated carbocycles. The van der Waals surface area contributed by atoms with Crippen LogP contribution in [0, 0.1) is 11.8 Å². The SMILES string of the molecule is COCCN=C/C(=C\N)c1cc2ncc(-c3cc(F)c(N)nc3F)n2cc1SC(C)(C)C. The smallest absolute Gasteiger partial charge is 0.224 e. The lowest BCUT2D eigenvalue weighted by Crippen LogP contribution is -2.09. The molecule has 3 rings (SSSR count). The maximum atomic E-state index is 14.5. The van der Waals surface area contributed by atoms with Crippen molar-refractivity contribution in [1.82, 2.24) is 14.4 Å². The van der Waals surface area contributed by atoms with Gasteiger partial charge in [0.25, 0.3) is 0 Å². The van der Waals surface area contributed by atoms with Gasteiger partial charge >= 0.3 is 0 Å². The number of aliphatic imine (C=N–C) groups is 1. The lowest BCUT2D eigenvalue weighted by atomic mass is 10.1. The van der Waals surface area contributed by atoms with Crippen LogP contribution in [0.2, 0.25) is 0 Å². The molecule has 0 atom stereocenters. The Labute approximate surface area is 189 Å². The average molecular weight is 461 g/mol. The predicted molar refractivity (Wildman–Crippen MR) is 126 cm³/mol. The van der Waals surface area contributed by atoms with Crippen molar-refractivity contribution in [2.24, 2.45) is 10.7 Å². The summed E-state index contributed by atoms with van der Waals surface area (Å²) in [5, 5.41) is 0. The number of allylic oxidation sites excluding steroid dienone is 1. The van der Waals surface area contributed by atoms with Crippen LogP contribution in [-0.4, -0.2) is 45.6 Å². The monoisotopic (exact) mass is 460 g/mol. The topological polar surface area (TPSA) is 104 Å². The highest BCUT2D eigenvalue weighted by Gasteiger charge is 2.21. The van der Waals surface area contributed by atoms with Crippen LogP contribution >= 0.6 is 11.8 Å². The molecule has 7 nitrogen and oxygen atoms in total. The molecule has 0 saturated heterocycles. The van der Waals surface area contributed by atoms with Crippen LogP contribution in [0.4, 0.5) is 14.6 Å². The van der Waals surface area contributed by atoms with Crippen molar-refractivity contribution in [1.29, 1.82) is 0 Å². The van der Waals surface area contributed by atoms with E-state index in [2.05, 4.69) is 35.7 Å². The number of rotatable bonds is 7. The predicted octanol–water partition coefficient (Wildman–Crippen LogP) is 4.16. The van der Waals surface area contributed by atoms with Gasteiger partial charge in [-0.15, -0.1) is 11.8 Å². The van der Waals surface area contributed by atoms with E-state index >= 15 is 0 Å². The number of aromatic nitrogens is 3. The number of halogens is 2. The number of methoxy groups -OCH3 is 1. The van der Waals surface area contributed by atoms with E-state index in [1.54, 1.807) is 29.5 Å². The molecule has 0 aliphatic heterocycles. The van der Waals surface area contributed by atoms with Gasteiger partial charge in [0, 0.05) is 46.5 Å². The molecule has 0 fully saturated rings. The first-order valence-corrected chi connectivity index (χ1v) is 10.7. The number of fused-ring (bicyclic) bond motifs is 1. The Morgan fingerprint density at radius 1 is 1.31 bits per heavy atom. The minimum absolute atomic E-state index is 0.0284. The number of hydrogen-bond donors (Lipinski definition) is 2. The first kappa shape index (κ1) is 23.7. The minimum Gasteiger partial charge on any atom is -0.404 e. The zero-order valence-corrected chi connectivity index (χ0v) is 19.2. The van der Waals surface area contributed by atoms with E-state index in [4.69, 9.17) is 16.2 Å². The second kappa shape index (κ2) is 9.66. The molecule has 10 heteroatoms. The first-order valence-electron chi connectivity index (χ1n) is 9.87. The van der Waals surface area contributed by atoms with Gasteiger partial charge in [0.1, 0.15) is 5.65 Å². The molecule has 170 valence electrons. The number of imidazole rings is 1. The fraction of sp³-hybridized carbons (Fsp3) is 0.318. The van der Waals surface area contributed by atoms with Gasteiger partial charge < -0.3 is 16.2 Å². The average Bonchev–Trinajstić information content (AvgIpc) is 3.12. The lowest BCUT2D eigenvalue weighted by Gasteiger charge is -2.21. The fourth-order valence-electron chi connectivity index (χ4n) is 3.01. The largest absolute Gasteiger partial charge is 0.404 e. The van der Waals surface area contributed by atoms with Crippen molar-refractivity contribution in [3.8, 4) is 11.3 Å². The third-order valence-corrected chi connectivity index (χ3v) is 5.56. The normalized spacial score (nSPS) is 12.9. The number of ether oxygens (including phenoxy) is 1. The van der Waals surface area contributed by atoms with Gasteiger partial charge in [-0.1, -0.05) is 20.8 Å². The number of nitrogen functional groups attached to an aromatic ring is 1. The molecule has 32 heavy (non-hydrogen) atoms. The second-order valence-corrected chi connectivity index (χ2v) is 9.85. The molecule has 4 N–H and O–H groups in total. The molecular weight excluding hydrogens is 434 g/mol. The summed E-state index contributed by atoms with van der Waals surface area (Å²) in [5.41, 5.74) is 13.7. The molecule has 0 aromatic carbocycles. The summed E-state index contributed by atoms with van der Waals surface area (Å²) in [5.74, 6) is -2.15. The standard InChI is InChI=1S/C22H26F2N6OS/c1-22(2,3)32-18-12-30-17(15-7-16(23)21(26)29-20(15)24)11-28-19(30)8-14(18)13(9-25)10-27-5-6-31-4/h7-12H,5-6,25H2,1-4H3,(H2,26,29)/b13-9+,27-10?. The lowest BCUT2D eigenvalue weighted by molar-refractivity contribution is 0.208. The van der Waals surface area contributed by atoms with Crippen molar-refractivity contribution < 1.29 is 13.5 Å². The van der Waals surface area contributed by atoms with Crippen LogP contribution in [0.25, 0.3) is 22.5 Å². The molecule has 0 spiro atoms. The van der Waals surface area contributed by atoms with E-state index in [1.165, 1.54) is 12.4 Å².